The van der Waals surface area contributed by atoms with Crippen LogP contribution in [0.2, 0.25) is 0 Å². The van der Waals surface area contributed by atoms with Crippen molar-refractivity contribution in [2.45, 2.75) is 19.4 Å². The van der Waals surface area contributed by atoms with Crippen molar-refractivity contribution in [1.82, 2.24) is 15.2 Å². The standard InChI is InChI=1S/C16H23N3OS/c1-17-9-12-4-3-7-19(10-12)11-16-18-14-6-5-13(20-2)8-15(14)21-16/h5-6,8,12,17H,3-4,7,9-11H2,1-2H3. The molecule has 0 saturated carbocycles. The van der Waals surface area contributed by atoms with Crippen molar-refractivity contribution in [1.29, 1.82) is 0 Å². The molecule has 1 unspecified atom stereocenters. The molecule has 1 aliphatic heterocycles. The Morgan fingerprint density at radius 1 is 1.48 bits per heavy atom. The summed E-state index contributed by atoms with van der Waals surface area (Å²) in [6.07, 6.45) is 2.64. The second kappa shape index (κ2) is 6.73. The van der Waals surface area contributed by atoms with E-state index in [-0.39, 0.29) is 0 Å². The van der Waals surface area contributed by atoms with Crippen LogP contribution in [0.1, 0.15) is 17.8 Å². The van der Waals surface area contributed by atoms with Crippen LogP contribution in [0.15, 0.2) is 18.2 Å². The molecule has 1 aromatic carbocycles. The van der Waals surface area contributed by atoms with Gasteiger partial charge in [0.15, 0.2) is 0 Å². The van der Waals surface area contributed by atoms with Crippen LogP contribution in [0.25, 0.3) is 10.2 Å². The third-order valence-corrected chi connectivity index (χ3v) is 5.10. The second-order valence-electron chi connectivity index (χ2n) is 5.74. The number of benzene rings is 1. The van der Waals surface area contributed by atoms with E-state index < -0.39 is 0 Å². The summed E-state index contributed by atoms with van der Waals surface area (Å²) in [4.78, 5) is 7.30. The minimum atomic E-state index is 0.776. The van der Waals surface area contributed by atoms with Gasteiger partial charge in [0.1, 0.15) is 10.8 Å². The highest BCUT2D eigenvalue weighted by atomic mass is 32.1. The molecule has 3 rings (SSSR count). The number of methoxy groups -OCH3 is 1. The summed E-state index contributed by atoms with van der Waals surface area (Å²) < 4.78 is 6.50. The van der Waals surface area contributed by atoms with Crippen molar-refractivity contribution in [3.05, 3.63) is 23.2 Å². The quantitative estimate of drug-likeness (QED) is 0.922. The van der Waals surface area contributed by atoms with Gasteiger partial charge in [-0.1, -0.05) is 0 Å². The molecular formula is C16H23N3OS. The zero-order valence-electron chi connectivity index (χ0n) is 12.8. The number of ether oxygens (including phenoxy) is 1. The molecule has 0 amide bonds. The number of nitrogens with one attached hydrogen (secondary N) is 1. The number of thiazole rings is 1. The predicted octanol–water partition coefficient (Wildman–Crippen LogP) is 2.74. The highest BCUT2D eigenvalue weighted by Crippen LogP contribution is 2.28. The lowest BCUT2D eigenvalue weighted by Gasteiger charge is -2.31. The maximum Gasteiger partial charge on any atom is 0.120 e. The number of fused-ring (bicyclic) bond motifs is 1. The van der Waals surface area contributed by atoms with E-state index in [0.717, 1.165) is 30.3 Å². The molecule has 1 atom stereocenters. The Hall–Kier alpha value is -1.17. The Bertz CT molecular complexity index is 596. The molecule has 0 bridgehead atoms. The maximum absolute atomic E-state index is 5.28. The van der Waals surface area contributed by atoms with E-state index in [1.807, 2.05) is 19.2 Å². The molecule has 1 aromatic heterocycles. The zero-order valence-corrected chi connectivity index (χ0v) is 13.6. The molecule has 0 aliphatic carbocycles. The maximum atomic E-state index is 5.28. The van der Waals surface area contributed by atoms with Crippen LogP contribution in [-0.4, -0.2) is 43.7 Å². The van der Waals surface area contributed by atoms with Gasteiger partial charge in [0.2, 0.25) is 0 Å². The third kappa shape index (κ3) is 3.54. The number of aromatic nitrogens is 1. The number of nitrogens with zero attached hydrogens (tertiary/aromatic N) is 2. The first-order chi connectivity index (χ1) is 10.3. The minimum absolute atomic E-state index is 0.776. The highest BCUT2D eigenvalue weighted by Gasteiger charge is 2.20. The fourth-order valence-electron chi connectivity index (χ4n) is 3.09. The lowest BCUT2D eigenvalue weighted by Crippen LogP contribution is -2.38. The van der Waals surface area contributed by atoms with Gasteiger partial charge in [-0.3, -0.25) is 4.90 Å². The average molecular weight is 305 g/mol. The molecule has 1 N–H and O–H groups in total. The van der Waals surface area contributed by atoms with Crippen LogP contribution in [0.4, 0.5) is 0 Å². The number of likely N-dealkylation sites (tertiary alicyclic amines) is 1. The average Bonchev–Trinajstić information content (AvgIpc) is 2.89. The summed E-state index contributed by atoms with van der Waals surface area (Å²) in [6, 6.07) is 6.11. The highest BCUT2D eigenvalue weighted by molar-refractivity contribution is 7.18. The normalized spacial score (nSPS) is 20.0. The predicted molar refractivity (Wildman–Crippen MR) is 88.1 cm³/mol. The van der Waals surface area contributed by atoms with E-state index in [0.29, 0.717) is 0 Å². The Morgan fingerprint density at radius 2 is 2.38 bits per heavy atom. The van der Waals surface area contributed by atoms with Gasteiger partial charge < -0.3 is 10.1 Å². The lowest BCUT2D eigenvalue weighted by molar-refractivity contribution is 0.167. The number of hydrogen-bond acceptors (Lipinski definition) is 5. The van der Waals surface area contributed by atoms with Gasteiger partial charge in [-0.2, -0.15) is 0 Å². The second-order valence-corrected chi connectivity index (χ2v) is 6.86. The van der Waals surface area contributed by atoms with Gasteiger partial charge in [0, 0.05) is 6.54 Å². The van der Waals surface area contributed by atoms with Crippen LogP contribution >= 0.6 is 11.3 Å². The first kappa shape index (κ1) is 14.8. The number of hydrogen-bond donors (Lipinski definition) is 1. The van der Waals surface area contributed by atoms with Gasteiger partial charge in [0.05, 0.1) is 23.9 Å². The summed E-state index contributed by atoms with van der Waals surface area (Å²) in [5.74, 6) is 1.68. The van der Waals surface area contributed by atoms with Crippen LogP contribution in [-0.2, 0) is 6.54 Å². The van der Waals surface area contributed by atoms with Crippen molar-refractivity contribution in [2.75, 3.05) is 33.8 Å². The monoisotopic (exact) mass is 305 g/mol. The molecule has 21 heavy (non-hydrogen) atoms. The van der Waals surface area contributed by atoms with E-state index in [4.69, 9.17) is 9.72 Å². The summed E-state index contributed by atoms with van der Waals surface area (Å²) >= 11 is 1.79. The Labute approximate surface area is 130 Å². The Kier molecular flexibility index (Phi) is 4.73. The van der Waals surface area contributed by atoms with E-state index >= 15 is 0 Å². The topological polar surface area (TPSA) is 37.4 Å². The Balaban J connectivity index is 1.69. The van der Waals surface area contributed by atoms with Gasteiger partial charge >= 0.3 is 0 Å². The van der Waals surface area contributed by atoms with Gasteiger partial charge in [-0.25, -0.2) is 4.98 Å². The third-order valence-electron chi connectivity index (χ3n) is 4.09. The molecular weight excluding hydrogens is 282 g/mol. The van der Waals surface area contributed by atoms with Crippen molar-refractivity contribution in [3.63, 3.8) is 0 Å². The zero-order chi connectivity index (χ0) is 14.7. The van der Waals surface area contributed by atoms with E-state index in [9.17, 15) is 0 Å². The van der Waals surface area contributed by atoms with Crippen molar-refractivity contribution >= 4 is 21.6 Å². The van der Waals surface area contributed by atoms with Crippen molar-refractivity contribution in [2.24, 2.45) is 5.92 Å². The minimum Gasteiger partial charge on any atom is -0.497 e. The van der Waals surface area contributed by atoms with E-state index in [1.165, 1.54) is 35.6 Å². The molecule has 2 heterocycles. The number of piperidine rings is 1. The van der Waals surface area contributed by atoms with Crippen LogP contribution in [0.3, 0.4) is 0 Å². The summed E-state index contributed by atoms with van der Waals surface area (Å²) in [5, 5.41) is 4.51. The summed E-state index contributed by atoms with van der Waals surface area (Å²) in [5.41, 5.74) is 1.08. The van der Waals surface area contributed by atoms with Crippen LogP contribution in [0.5, 0.6) is 5.75 Å². The largest absolute Gasteiger partial charge is 0.497 e. The summed E-state index contributed by atoms with van der Waals surface area (Å²) in [7, 11) is 3.75. The molecule has 2 aromatic rings. The summed E-state index contributed by atoms with van der Waals surface area (Å²) in [6.45, 7) is 4.47. The smallest absolute Gasteiger partial charge is 0.120 e. The molecule has 1 aliphatic rings. The number of rotatable bonds is 5. The first-order valence-corrected chi connectivity index (χ1v) is 8.40. The van der Waals surface area contributed by atoms with Crippen LogP contribution in [0, 0.1) is 5.92 Å². The van der Waals surface area contributed by atoms with Gasteiger partial charge in [-0.05, 0) is 57.1 Å². The molecule has 114 valence electrons. The molecule has 1 fully saturated rings. The fourth-order valence-corrected chi connectivity index (χ4v) is 4.13. The molecule has 1 saturated heterocycles. The van der Waals surface area contributed by atoms with Gasteiger partial charge in [0.25, 0.3) is 0 Å². The first-order valence-electron chi connectivity index (χ1n) is 7.59. The molecule has 0 radical (unpaired) electrons. The van der Waals surface area contributed by atoms with E-state index in [1.54, 1.807) is 18.4 Å². The van der Waals surface area contributed by atoms with Crippen molar-refractivity contribution in [3.8, 4) is 5.75 Å². The SMILES string of the molecule is CNCC1CCCN(Cc2nc3ccc(OC)cc3s2)C1. The Morgan fingerprint density at radius 3 is 3.19 bits per heavy atom. The molecule has 0 spiro atoms. The molecule has 5 heteroatoms. The lowest BCUT2D eigenvalue weighted by atomic mass is 9.98. The van der Waals surface area contributed by atoms with Crippen molar-refractivity contribution < 1.29 is 4.74 Å². The van der Waals surface area contributed by atoms with Gasteiger partial charge in [-0.15, -0.1) is 11.3 Å². The fraction of sp³-hybridized carbons (Fsp3) is 0.562. The van der Waals surface area contributed by atoms with E-state index in [2.05, 4.69) is 16.3 Å². The molecule has 4 nitrogen and oxygen atoms in total. The van der Waals surface area contributed by atoms with Crippen LogP contribution < -0.4 is 10.1 Å².